The molecule has 0 amide bonds. The third kappa shape index (κ3) is 102. The Morgan fingerprint density at radius 3 is 1.12 bits per heavy atom. The van der Waals surface area contributed by atoms with Crippen LogP contribution < -0.4 is 0 Å². The van der Waals surface area contributed by atoms with E-state index in [2.05, 4.69) is 0 Å². The quantitative estimate of drug-likeness (QED) is 0.414. The maximum Gasteiger partial charge on any atom is 3.00 e. The minimum absolute atomic E-state index is 0. The minimum atomic E-state index is -4.67. The summed E-state index contributed by atoms with van der Waals surface area (Å²) in [5.41, 5.74) is 0. The van der Waals surface area contributed by atoms with E-state index in [0.29, 0.717) is 0 Å². The monoisotopic (exact) mass is 279 g/mol. The summed E-state index contributed by atoms with van der Waals surface area (Å²) < 4.78 is 31.6. The zero-order chi connectivity index (χ0) is 4.50. The van der Waals surface area contributed by atoms with Crippen LogP contribution in [0.25, 0.3) is 0 Å². The molecule has 0 rings (SSSR count). The average molecular weight is 278 g/mol. The molecule has 0 aliphatic carbocycles. The van der Waals surface area contributed by atoms with Gasteiger partial charge in [-0.15, -0.1) is 0 Å². The Kier molecular flexibility index (Phi) is 25.1. The fourth-order valence-electron chi connectivity index (χ4n) is 0. The van der Waals surface area contributed by atoms with Crippen molar-refractivity contribution in [3.63, 3.8) is 0 Å². The van der Waals surface area contributed by atoms with Crippen molar-refractivity contribution in [2.45, 2.75) is 0 Å². The van der Waals surface area contributed by atoms with Crippen LogP contribution in [0, 0.1) is 0 Å². The topological polar surface area (TPSA) is 103 Å². The maximum atomic E-state index is 8.74. The summed E-state index contributed by atoms with van der Waals surface area (Å²) in [6, 6.07) is 0. The second-order valence-electron chi connectivity index (χ2n) is 0.448. The van der Waals surface area contributed by atoms with Crippen LogP contribution in [0.15, 0.2) is 0 Å². The van der Waals surface area contributed by atoms with Gasteiger partial charge in [0, 0.05) is 0 Å². The molecule has 0 aliphatic heterocycles. The SMILES string of the molecule is O=S(=O)(O)O.[Al+3].[Ba+2].[O-2]. The molecule has 0 spiro atoms. The summed E-state index contributed by atoms with van der Waals surface area (Å²) in [6.07, 6.45) is 0. The molecule has 0 unspecified atom stereocenters. The molecule has 8 heteroatoms. The summed E-state index contributed by atoms with van der Waals surface area (Å²) >= 11 is 0. The van der Waals surface area contributed by atoms with Gasteiger partial charge in [-0.05, 0) is 0 Å². The van der Waals surface area contributed by atoms with E-state index in [9.17, 15) is 0 Å². The third-order valence-electron chi connectivity index (χ3n) is 0. The van der Waals surface area contributed by atoms with Gasteiger partial charge in [-0.2, -0.15) is 8.42 Å². The second-order valence-corrected chi connectivity index (χ2v) is 1.34. The molecule has 0 aromatic rings. The van der Waals surface area contributed by atoms with E-state index >= 15 is 0 Å². The Morgan fingerprint density at radius 1 is 1.12 bits per heavy atom. The van der Waals surface area contributed by atoms with Gasteiger partial charge in [0.2, 0.25) is 0 Å². The molecular weight excluding hydrogens is 276 g/mol. The second kappa shape index (κ2) is 8.93. The van der Waals surface area contributed by atoms with Gasteiger partial charge in [-0.3, -0.25) is 9.11 Å². The molecule has 0 fully saturated rings. The molecular formula is H2AlBaO5S+3. The van der Waals surface area contributed by atoms with E-state index < -0.39 is 10.4 Å². The third-order valence-corrected chi connectivity index (χ3v) is 0. The van der Waals surface area contributed by atoms with Crippen molar-refractivity contribution in [2.75, 3.05) is 0 Å². The molecule has 8 heavy (non-hydrogen) atoms. The maximum absolute atomic E-state index is 8.74. The molecule has 5 nitrogen and oxygen atoms in total. The first-order chi connectivity index (χ1) is 2.00. The first-order valence-corrected chi connectivity index (χ1v) is 2.10. The van der Waals surface area contributed by atoms with Gasteiger partial charge in [-0.1, -0.05) is 0 Å². The van der Waals surface area contributed by atoms with Crippen LogP contribution in [0.5, 0.6) is 0 Å². The molecule has 0 aromatic heterocycles. The van der Waals surface area contributed by atoms with E-state index in [1.807, 2.05) is 0 Å². The van der Waals surface area contributed by atoms with Gasteiger partial charge in [0.25, 0.3) is 0 Å². The average Bonchev–Trinajstić information content (AvgIpc) is 0.722. The van der Waals surface area contributed by atoms with Crippen LogP contribution in [-0.4, -0.2) is 83.8 Å². The molecule has 0 aliphatic rings. The first kappa shape index (κ1) is 22.5. The van der Waals surface area contributed by atoms with E-state index in [4.69, 9.17) is 17.5 Å². The van der Waals surface area contributed by atoms with Crippen LogP contribution >= 0.6 is 0 Å². The normalized spacial score (nSPS) is 7.25. The van der Waals surface area contributed by atoms with Gasteiger partial charge >= 0.3 is 76.6 Å². The smallest absolute Gasteiger partial charge is 2.00 e. The van der Waals surface area contributed by atoms with Crippen molar-refractivity contribution in [1.82, 2.24) is 0 Å². The van der Waals surface area contributed by atoms with Crippen LogP contribution in [0.2, 0.25) is 0 Å². The van der Waals surface area contributed by atoms with Crippen molar-refractivity contribution in [3.8, 4) is 0 Å². The standard InChI is InChI=1S/Al.Ba.H2O4S.O/c;;1-5(2,3)4;/h;;(H2,1,2,3,4);/q+3;+2;;-2. The van der Waals surface area contributed by atoms with Gasteiger partial charge < -0.3 is 5.48 Å². The van der Waals surface area contributed by atoms with E-state index in [1.165, 1.54) is 0 Å². The summed E-state index contributed by atoms with van der Waals surface area (Å²) in [7, 11) is -4.67. The van der Waals surface area contributed by atoms with Crippen molar-refractivity contribution in [1.29, 1.82) is 0 Å². The Bertz CT molecular complexity index is 95.6. The largest absolute Gasteiger partial charge is 3.00 e. The summed E-state index contributed by atoms with van der Waals surface area (Å²) in [5, 5.41) is 0. The predicted octanol–water partition coefficient (Wildman–Crippen LogP) is -1.53. The van der Waals surface area contributed by atoms with Gasteiger partial charge in [0.15, 0.2) is 0 Å². The molecule has 0 atom stereocenters. The zero-order valence-corrected chi connectivity index (χ0v) is 10.2. The minimum Gasteiger partial charge on any atom is -2.00 e. The van der Waals surface area contributed by atoms with Gasteiger partial charge in [0.1, 0.15) is 0 Å². The molecule has 0 bridgehead atoms. The molecule has 40 valence electrons. The van der Waals surface area contributed by atoms with Crippen LogP contribution in [0.4, 0.5) is 0 Å². The molecule has 0 saturated carbocycles. The molecule has 0 saturated heterocycles. The van der Waals surface area contributed by atoms with Crippen LogP contribution in [-0.2, 0) is 15.9 Å². The molecule has 0 aromatic carbocycles. The molecule has 2 N–H and O–H groups in total. The fraction of sp³-hybridized carbons (Fsp3) is 0. The van der Waals surface area contributed by atoms with Crippen molar-refractivity contribution >= 4 is 76.6 Å². The van der Waals surface area contributed by atoms with Crippen LogP contribution in [0.1, 0.15) is 0 Å². The van der Waals surface area contributed by atoms with Gasteiger partial charge in [-0.25, -0.2) is 0 Å². The Hall–Kier alpha value is 1.93. The number of hydrogen-bond acceptors (Lipinski definition) is 2. The number of hydrogen-bond donors (Lipinski definition) is 2. The zero-order valence-electron chi connectivity index (χ0n) is 3.81. The fourth-order valence-corrected chi connectivity index (χ4v) is 0. The summed E-state index contributed by atoms with van der Waals surface area (Å²) in [4.78, 5) is 0. The van der Waals surface area contributed by atoms with Crippen molar-refractivity contribution in [3.05, 3.63) is 0 Å². The Labute approximate surface area is 97.9 Å². The van der Waals surface area contributed by atoms with Crippen molar-refractivity contribution in [2.24, 2.45) is 0 Å². The summed E-state index contributed by atoms with van der Waals surface area (Å²) in [5.74, 6) is 0. The Balaban J connectivity index is -0.0000000267. The van der Waals surface area contributed by atoms with Crippen molar-refractivity contribution < 1.29 is 23.0 Å². The van der Waals surface area contributed by atoms with E-state index in [-0.39, 0.29) is 71.7 Å². The van der Waals surface area contributed by atoms with E-state index in [0.717, 1.165) is 0 Å². The van der Waals surface area contributed by atoms with Gasteiger partial charge in [0.05, 0.1) is 0 Å². The first-order valence-electron chi connectivity index (χ1n) is 0.698. The summed E-state index contributed by atoms with van der Waals surface area (Å²) in [6.45, 7) is 0. The Morgan fingerprint density at radius 2 is 1.12 bits per heavy atom. The molecule has 0 radical (unpaired) electrons. The number of rotatable bonds is 0. The van der Waals surface area contributed by atoms with Crippen LogP contribution in [0.3, 0.4) is 0 Å². The molecule has 0 heterocycles. The predicted molar refractivity (Wildman–Crippen MR) is 26.4 cm³/mol. The van der Waals surface area contributed by atoms with E-state index in [1.54, 1.807) is 0 Å².